The fraction of sp³-hybridized carbons (Fsp3) is 0.255. The van der Waals surface area contributed by atoms with Crippen molar-refractivity contribution >= 4 is 23.9 Å². The summed E-state index contributed by atoms with van der Waals surface area (Å²) in [6.45, 7) is 8.45. The topological polar surface area (TPSA) is 199 Å². The Bertz CT molecular complexity index is 2330. The van der Waals surface area contributed by atoms with E-state index in [0.29, 0.717) is 60.7 Å². The van der Waals surface area contributed by atoms with Crippen molar-refractivity contribution in [3.63, 3.8) is 0 Å². The third-order valence-electron chi connectivity index (χ3n) is 8.93. The lowest BCUT2D eigenvalue weighted by Gasteiger charge is -2.12. The molecule has 0 spiro atoms. The van der Waals surface area contributed by atoms with Crippen molar-refractivity contribution in [1.29, 1.82) is 5.26 Å². The molecule has 5 aromatic rings. The van der Waals surface area contributed by atoms with Crippen LogP contribution in [0.4, 0.5) is 0 Å². The van der Waals surface area contributed by atoms with Crippen LogP contribution in [0, 0.1) is 11.3 Å². The van der Waals surface area contributed by atoms with Crippen molar-refractivity contribution in [2.24, 2.45) is 0 Å². The van der Waals surface area contributed by atoms with Crippen molar-refractivity contribution < 1.29 is 47.6 Å². The summed E-state index contributed by atoms with van der Waals surface area (Å²) >= 11 is 0. The Morgan fingerprint density at radius 1 is 0.532 bits per heavy atom. The van der Waals surface area contributed by atoms with Gasteiger partial charge >= 0.3 is 23.9 Å². The third-order valence-corrected chi connectivity index (χ3v) is 8.93. The maximum absolute atomic E-state index is 13.2. The molecular formula is C47H45N5O10. The first-order valence-electron chi connectivity index (χ1n) is 19.9. The Hall–Kier alpha value is -7.73. The Labute approximate surface area is 359 Å². The number of aromatic nitrogens is 4. The number of carbonyl (C=O) groups excluding carboxylic acids is 4. The summed E-state index contributed by atoms with van der Waals surface area (Å²) in [4.78, 5) is 66.1. The molecule has 318 valence electrons. The molecule has 0 atom stereocenters. The van der Waals surface area contributed by atoms with E-state index in [2.05, 4.69) is 33.1 Å². The van der Waals surface area contributed by atoms with Crippen molar-refractivity contribution in [3.05, 3.63) is 134 Å². The Morgan fingerprint density at radius 2 is 0.935 bits per heavy atom. The van der Waals surface area contributed by atoms with Gasteiger partial charge in [0.1, 0.15) is 0 Å². The molecule has 0 saturated heterocycles. The average molecular weight is 840 g/mol. The zero-order valence-electron chi connectivity index (χ0n) is 34.0. The lowest BCUT2D eigenvalue weighted by atomic mass is 10.1. The van der Waals surface area contributed by atoms with Crippen LogP contribution < -0.4 is 18.9 Å². The van der Waals surface area contributed by atoms with Gasteiger partial charge < -0.3 is 28.4 Å². The van der Waals surface area contributed by atoms with Gasteiger partial charge in [-0.15, -0.1) is 0 Å². The first-order chi connectivity index (χ1) is 30.3. The molecule has 0 radical (unpaired) electrons. The molecule has 2 heterocycles. The minimum Gasteiger partial charge on any atom is -0.490 e. The number of carbonyl (C=O) groups is 4. The molecule has 2 aromatic heterocycles. The summed E-state index contributed by atoms with van der Waals surface area (Å²) in [6, 6.07) is 19.0. The number of esters is 4. The monoisotopic (exact) mass is 839 g/mol. The maximum atomic E-state index is 13.2. The van der Waals surface area contributed by atoms with Gasteiger partial charge in [-0.1, -0.05) is 37.4 Å². The van der Waals surface area contributed by atoms with E-state index in [1.165, 1.54) is 18.2 Å². The molecule has 15 nitrogen and oxygen atoms in total. The van der Waals surface area contributed by atoms with Crippen LogP contribution in [-0.4, -0.2) is 70.2 Å². The molecule has 0 bridgehead atoms. The van der Waals surface area contributed by atoms with E-state index >= 15 is 0 Å². The lowest BCUT2D eigenvalue weighted by Crippen LogP contribution is -2.13. The van der Waals surface area contributed by atoms with Crippen molar-refractivity contribution in [3.8, 4) is 51.8 Å². The normalized spacial score (nSPS) is 10.4. The molecule has 5 rings (SSSR count). The number of hydrogen-bond donors (Lipinski definition) is 0. The lowest BCUT2D eigenvalue weighted by molar-refractivity contribution is -0.138. The molecule has 0 saturated carbocycles. The summed E-state index contributed by atoms with van der Waals surface area (Å²) in [5.74, 6) is -0.572. The van der Waals surface area contributed by atoms with Crippen LogP contribution >= 0.6 is 0 Å². The number of hydrogen-bond acceptors (Lipinski definition) is 15. The first kappa shape index (κ1) is 45.4. The minimum absolute atomic E-state index is 0.0572. The van der Waals surface area contributed by atoms with Crippen molar-refractivity contribution in [1.82, 2.24) is 19.9 Å². The van der Waals surface area contributed by atoms with Gasteiger partial charge in [-0.25, -0.2) is 39.1 Å². The Morgan fingerprint density at radius 3 is 1.34 bits per heavy atom. The molecular weight excluding hydrogens is 795 g/mol. The molecule has 3 aromatic carbocycles. The molecule has 0 aliphatic carbocycles. The fourth-order valence-corrected chi connectivity index (χ4v) is 5.61. The molecule has 0 fully saturated rings. The van der Waals surface area contributed by atoms with Crippen LogP contribution in [0.5, 0.6) is 23.0 Å². The summed E-state index contributed by atoms with van der Waals surface area (Å²) in [7, 11) is 0. The number of unbranched alkanes of at least 4 members (excludes halogenated alkanes) is 6. The first-order valence-corrected chi connectivity index (χ1v) is 19.9. The van der Waals surface area contributed by atoms with E-state index in [9.17, 15) is 24.4 Å². The van der Waals surface area contributed by atoms with Crippen molar-refractivity contribution in [2.75, 3.05) is 26.4 Å². The van der Waals surface area contributed by atoms with E-state index in [-0.39, 0.29) is 28.2 Å². The minimum atomic E-state index is -0.743. The summed E-state index contributed by atoms with van der Waals surface area (Å²) < 4.78 is 32.7. The highest BCUT2D eigenvalue weighted by Crippen LogP contribution is 2.31. The van der Waals surface area contributed by atoms with E-state index in [1.54, 1.807) is 73.3 Å². The number of rotatable bonds is 24. The standard InChI is InChI=1S/C47H45N5O10/c1-3-42(53)59-25-11-7-5-9-23-57-38-29-49-44(50-30-38)34-14-18-36(19-15-34)46(55)61-40-22-13-33(28-48)27-41(40)62-47(56)37-20-16-35(17-21-37)45-51-31-39(32-52-45)58-24-10-6-8-12-26-60-43(54)4-2/h3-4,13-22,27,29-32H,1-2,5-12,23-26H2. The van der Waals surface area contributed by atoms with Gasteiger partial charge in [-0.05, 0) is 87.8 Å². The van der Waals surface area contributed by atoms with Gasteiger partial charge in [-0.3, -0.25) is 0 Å². The van der Waals surface area contributed by atoms with Gasteiger partial charge in [0.25, 0.3) is 0 Å². The second-order valence-electron chi connectivity index (χ2n) is 13.5. The van der Waals surface area contributed by atoms with Gasteiger partial charge in [0, 0.05) is 29.3 Å². The van der Waals surface area contributed by atoms with E-state index in [0.717, 1.165) is 63.5 Å². The Balaban J connectivity index is 1.09. The Kier molecular flexibility index (Phi) is 17.8. The molecule has 15 heteroatoms. The zero-order valence-corrected chi connectivity index (χ0v) is 34.0. The molecule has 62 heavy (non-hydrogen) atoms. The zero-order chi connectivity index (χ0) is 43.9. The highest BCUT2D eigenvalue weighted by atomic mass is 16.6. The van der Waals surface area contributed by atoms with E-state index in [4.69, 9.17) is 28.4 Å². The molecule has 0 unspecified atom stereocenters. The molecule has 0 amide bonds. The maximum Gasteiger partial charge on any atom is 0.343 e. The highest BCUT2D eigenvalue weighted by molar-refractivity contribution is 5.94. The van der Waals surface area contributed by atoms with Gasteiger partial charge in [0.05, 0.1) is 74.0 Å². The number of nitriles is 1. The quantitative estimate of drug-likeness (QED) is 0.0249. The van der Waals surface area contributed by atoms with E-state index in [1.807, 2.05) is 6.07 Å². The van der Waals surface area contributed by atoms with Gasteiger partial charge in [0.15, 0.2) is 34.6 Å². The predicted octanol–water partition coefficient (Wildman–Crippen LogP) is 8.25. The largest absolute Gasteiger partial charge is 0.490 e. The second-order valence-corrected chi connectivity index (χ2v) is 13.5. The smallest absolute Gasteiger partial charge is 0.343 e. The molecule has 0 aliphatic heterocycles. The average Bonchev–Trinajstić information content (AvgIpc) is 3.31. The van der Waals surface area contributed by atoms with Crippen molar-refractivity contribution in [2.45, 2.75) is 51.4 Å². The van der Waals surface area contributed by atoms with Crippen LogP contribution in [-0.2, 0) is 19.1 Å². The van der Waals surface area contributed by atoms with Crippen LogP contribution in [0.25, 0.3) is 22.8 Å². The van der Waals surface area contributed by atoms with E-state index < -0.39 is 23.9 Å². The second kappa shape index (κ2) is 24.4. The fourth-order valence-electron chi connectivity index (χ4n) is 5.61. The third kappa shape index (κ3) is 14.5. The number of benzene rings is 3. The number of nitrogens with zero attached hydrogens (tertiary/aromatic N) is 5. The highest BCUT2D eigenvalue weighted by Gasteiger charge is 2.18. The number of ether oxygens (including phenoxy) is 6. The van der Waals surface area contributed by atoms with Crippen LogP contribution in [0.2, 0.25) is 0 Å². The summed E-state index contributed by atoms with van der Waals surface area (Å²) in [5, 5.41) is 9.50. The van der Waals surface area contributed by atoms with Crippen LogP contribution in [0.1, 0.15) is 77.6 Å². The van der Waals surface area contributed by atoms with Crippen LogP contribution in [0.3, 0.4) is 0 Å². The SMILES string of the molecule is C=CC(=O)OCCCCCCOc1cnc(-c2ccc(C(=O)Oc3ccc(C#N)cc3OC(=O)c3ccc(-c4ncc(OCCCCCCOC(=O)C=C)cn4)cc3)cc2)nc1. The predicted molar refractivity (Wildman–Crippen MR) is 226 cm³/mol. The van der Waals surface area contributed by atoms with Crippen LogP contribution in [0.15, 0.2) is 117 Å². The van der Waals surface area contributed by atoms with Gasteiger partial charge in [-0.2, -0.15) is 5.26 Å². The molecule has 0 N–H and O–H groups in total. The van der Waals surface area contributed by atoms with Gasteiger partial charge in [0.2, 0.25) is 0 Å². The summed E-state index contributed by atoms with van der Waals surface area (Å²) in [6.07, 6.45) is 15.4. The molecule has 0 aliphatic rings. The summed E-state index contributed by atoms with van der Waals surface area (Å²) in [5.41, 5.74) is 1.91.